The van der Waals surface area contributed by atoms with Crippen LogP contribution in [-0.2, 0) is 22.4 Å². The SMILES string of the molecule is C[C@@H](C(=O)Nc1sc2c(c1C#N)CCCCC2)N1CCN(CC(=O)NC2CC2)CC1. The fraction of sp³-hybridized carbons (Fsp3) is 0.682. The van der Waals surface area contributed by atoms with Crippen molar-refractivity contribution in [3.8, 4) is 6.07 Å². The van der Waals surface area contributed by atoms with Gasteiger partial charge < -0.3 is 10.6 Å². The molecule has 1 aromatic rings. The predicted octanol–water partition coefficient (Wildman–Crippen LogP) is 2.11. The molecule has 8 heteroatoms. The lowest BCUT2D eigenvalue weighted by Crippen LogP contribution is -2.54. The van der Waals surface area contributed by atoms with Crippen molar-refractivity contribution in [3.63, 3.8) is 0 Å². The Morgan fingerprint density at radius 3 is 2.60 bits per heavy atom. The second kappa shape index (κ2) is 9.46. The first-order valence-electron chi connectivity index (χ1n) is 11.2. The van der Waals surface area contributed by atoms with Crippen molar-refractivity contribution in [2.24, 2.45) is 0 Å². The molecule has 1 saturated heterocycles. The summed E-state index contributed by atoms with van der Waals surface area (Å²) >= 11 is 1.58. The number of amides is 2. The van der Waals surface area contributed by atoms with Crippen molar-refractivity contribution >= 4 is 28.2 Å². The van der Waals surface area contributed by atoms with Gasteiger partial charge in [-0.15, -0.1) is 11.3 Å². The van der Waals surface area contributed by atoms with Gasteiger partial charge in [0.15, 0.2) is 0 Å². The number of nitriles is 1. The summed E-state index contributed by atoms with van der Waals surface area (Å²) in [4.78, 5) is 30.5. The van der Waals surface area contributed by atoms with E-state index in [1.807, 2.05) is 6.92 Å². The smallest absolute Gasteiger partial charge is 0.242 e. The molecule has 2 heterocycles. The number of fused-ring (bicyclic) bond motifs is 1. The summed E-state index contributed by atoms with van der Waals surface area (Å²) in [6, 6.07) is 2.47. The van der Waals surface area contributed by atoms with Crippen molar-refractivity contribution in [1.29, 1.82) is 5.26 Å². The third-order valence-electron chi connectivity index (χ3n) is 6.41. The number of nitrogens with zero attached hydrogens (tertiary/aromatic N) is 3. The molecule has 2 amide bonds. The first-order valence-corrected chi connectivity index (χ1v) is 12.0. The van der Waals surface area contributed by atoms with Crippen molar-refractivity contribution in [1.82, 2.24) is 15.1 Å². The van der Waals surface area contributed by atoms with E-state index in [0.29, 0.717) is 18.2 Å². The number of carbonyl (C=O) groups is 2. The monoisotopic (exact) mass is 429 g/mol. The minimum absolute atomic E-state index is 0.0529. The van der Waals surface area contributed by atoms with Gasteiger partial charge in [-0.25, -0.2) is 0 Å². The van der Waals surface area contributed by atoms with Gasteiger partial charge >= 0.3 is 0 Å². The molecule has 1 saturated carbocycles. The van der Waals surface area contributed by atoms with Crippen molar-refractivity contribution < 1.29 is 9.59 Å². The molecule has 1 aromatic heterocycles. The third-order valence-corrected chi connectivity index (χ3v) is 7.62. The minimum Gasteiger partial charge on any atom is -0.352 e. The van der Waals surface area contributed by atoms with E-state index < -0.39 is 0 Å². The zero-order valence-electron chi connectivity index (χ0n) is 17.7. The van der Waals surface area contributed by atoms with Gasteiger partial charge in [0.05, 0.1) is 18.2 Å². The maximum Gasteiger partial charge on any atom is 0.242 e. The fourth-order valence-electron chi connectivity index (χ4n) is 4.34. The first-order chi connectivity index (χ1) is 14.5. The van der Waals surface area contributed by atoms with E-state index in [2.05, 4.69) is 26.5 Å². The summed E-state index contributed by atoms with van der Waals surface area (Å²) in [7, 11) is 0. The van der Waals surface area contributed by atoms with E-state index in [0.717, 1.165) is 75.3 Å². The molecular weight excluding hydrogens is 398 g/mol. The van der Waals surface area contributed by atoms with Crippen molar-refractivity contribution in [3.05, 3.63) is 16.0 Å². The molecular formula is C22H31N5O2S. The lowest BCUT2D eigenvalue weighted by atomic mass is 10.1. The van der Waals surface area contributed by atoms with Crippen LogP contribution in [0.3, 0.4) is 0 Å². The number of thiophene rings is 1. The number of rotatable bonds is 6. The Balaban J connectivity index is 1.30. The number of carbonyl (C=O) groups excluding carboxylic acids is 2. The zero-order chi connectivity index (χ0) is 21.1. The number of hydrogen-bond donors (Lipinski definition) is 2. The lowest BCUT2D eigenvalue weighted by Gasteiger charge is -2.37. The molecule has 2 N–H and O–H groups in total. The standard InChI is InChI=1S/C22H31N5O2S/c1-15(27-11-9-26(10-12-27)14-20(28)24-16-7-8-16)21(29)25-22-18(13-23)17-5-3-2-4-6-19(17)30-22/h15-16H,2-12,14H2,1H3,(H,24,28)(H,25,29)/t15-/m0/s1. The van der Waals surface area contributed by atoms with Gasteiger partial charge in [0, 0.05) is 37.1 Å². The Kier molecular flexibility index (Phi) is 6.71. The summed E-state index contributed by atoms with van der Waals surface area (Å²) in [5.41, 5.74) is 1.82. The van der Waals surface area contributed by atoms with Crippen LogP contribution in [0.4, 0.5) is 5.00 Å². The van der Waals surface area contributed by atoms with Gasteiger partial charge in [0.1, 0.15) is 11.1 Å². The Hall–Kier alpha value is -1.95. The molecule has 1 aliphatic heterocycles. The maximum atomic E-state index is 12.9. The second-order valence-corrected chi connectivity index (χ2v) is 9.80. The van der Waals surface area contributed by atoms with Crippen LogP contribution in [0.25, 0.3) is 0 Å². The summed E-state index contributed by atoms with van der Waals surface area (Å²) in [5.74, 6) is 0.0565. The highest BCUT2D eigenvalue weighted by molar-refractivity contribution is 7.16. The van der Waals surface area contributed by atoms with E-state index in [1.54, 1.807) is 11.3 Å². The Labute approximate surface area is 182 Å². The van der Waals surface area contributed by atoms with E-state index in [4.69, 9.17) is 0 Å². The largest absolute Gasteiger partial charge is 0.352 e. The minimum atomic E-state index is -0.263. The van der Waals surface area contributed by atoms with Crippen LogP contribution in [-0.4, -0.2) is 66.4 Å². The highest BCUT2D eigenvalue weighted by Gasteiger charge is 2.29. The Morgan fingerprint density at radius 2 is 1.90 bits per heavy atom. The molecule has 1 atom stereocenters. The topological polar surface area (TPSA) is 88.5 Å². The summed E-state index contributed by atoms with van der Waals surface area (Å²) in [6.45, 7) is 5.46. The molecule has 3 aliphatic rings. The van der Waals surface area contributed by atoms with E-state index in [9.17, 15) is 14.9 Å². The highest BCUT2D eigenvalue weighted by atomic mass is 32.1. The molecule has 0 aromatic carbocycles. The number of hydrogen-bond acceptors (Lipinski definition) is 6. The molecule has 4 rings (SSSR count). The van der Waals surface area contributed by atoms with E-state index >= 15 is 0 Å². The molecule has 0 radical (unpaired) electrons. The number of anilines is 1. The third kappa shape index (κ3) is 5.02. The molecule has 2 aliphatic carbocycles. The zero-order valence-corrected chi connectivity index (χ0v) is 18.5. The summed E-state index contributed by atoms with van der Waals surface area (Å²) in [6.07, 6.45) is 7.64. The molecule has 162 valence electrons. The van der Waals surface area contributed by atoms with E-state index in [-0.39, 0.29) is 17.9 Å². The number of nitrogens with one attached hydrogen (secondary N) is 2. The van der Waals surface area contributed by atoms with Crippen LogP contribution in [0, 0.1) is 11.3 Å². The summed E-state index contributed by atoms with van der Waals surface area (Å²) in [5, 5.41) is 16.5. The van der Waals surface area contributed by atoms with Gasteiger partial charge in [0.25, 0.3) is 0 Å². The van der Waals surface area contributed by atoms with Crippen LogP contribution in [0.1, 0.15) is 55.0 Å². The van der Waals surface area contributed by atoms with Crippen LogP contribution in [0.5, 0.6) is 0 Å². The Morgan fingerprint density at radius 1 is 1.17 bits per heavy atom. The molecule has 0 unspecified atom stereocenters. The van der Waals surface area contributed by atoms with Crippen LogP contribution in [0.15, 0.2) is 0 Å². The predicted molar refractivity (Wildman–Crippen MR) is 118 cm³/mol. The number of piperazine rings is 1. The first kappa shape index (κ1) is 21.3. The molecule has 0 bridgehead atoms. The maximum absolute atomic E-state index is 12.9. The van der Waals surface area contributed by atoms with Gasteiger partial charge in [-0.05, 0) is 51.0 Å². The fourth-order valence-corrected chi connectivity index (χ4v) is 5.59. The van der Waals surface area contributed by atoms with Gasteiger partial charge in [-0.1, -0.05) is 6.42 Å². The second-order valence-electron chi connectivity index (χ2n) is 8.70. The van der Waals surface area contributed by atoms with Gasteiger partial charge in [-0.3, -0.25) is 19.4 Å². The van der Waals surface area contributed by atoms with Gasteiger partial charge in [-0.2, -0.15) is 5.26 Å². The van der Waals surface area contributed by atoms with Crippen molar-refractivity contribution in [2.45, 2.75) is 64.0 Å². The Bertz CT molecular complexity index is 833. The quantitative estimate of drug-likeness (QED) is 0.676. The van der Waals surface area contributed by atoms with Crippen LogP contribution in [0.2, 0.25) is 0 Å². The van der Waals surface area contributed by atoms with Gasteiger partial charge in [0.2, 0.25) is 11.8 Å². The average Bonchev–Trinajstić information content (AvgIpc) is 3.52. The number of aryl methyl sites for hydroxylation is 1. The molecule has 2 fully saturated rings. The lowest BCUT2D eigenvalue weighted by molar-refractivity contribution is -0.124. The average molecular weight is 430 g/mol. The van der Waals surface area contributed by atoms with Crippen LogP contribution < -0.4 is 10.6 Å². The van der Waals surface area contributed by atoms with Crippen LogP contribution >= 0.6 is 11.3 Å². The molecule has 30 heavy (non-hydrogen) atoms. The summed E-state index contributed by atoms with van der Waals surface area (Å²) < 4.78 is 0. The highest BCUT2D eigenvalue weighted by Crippen LogP contribution is 2.37. The molecule has 7 nitrogen and oxygen atoms in total. The van der Waals surface area contributed by atoms with Crippen molar-refractivity contribution in [2.75, 3.05) is 38.0 Å². The normalized spacial score (nSPS) is 21.2. The van der Waals surface area contributed by atoms with E-state index in [1.165, 1.54) is 11.3 Å². The molecule has 0 spiro atoms.